The SMILES string of the molecule is Cc1ccc(C)c(C)c1.OSF. The number of halogens is 1. The van der Waals surface area contributed by atoms with Gasteiger partial charge in [0, 0.05) is 0 Å². The Morgan fingerprint density at radius 3 is 2.00 bits per heavy atom. The molecule has 1 rings (SSSR count). The third kappa shape index (κ3) is 4.36. The van der Waals surface area contributed by atoms with E-state index in [0.29, 0.717) is 0 Å². The molecule has 3 heteroatoms. The average Bonchev–Trinajstić information content (AvgIpc) is 1.99. The zero-order valence-electron chi connectivity index (χ0n) is 7.47. The van der Waals surface area contributed by atoms with Crippen LogP contribution in [-0.4, -0.2) is 4.55 Å². The summed E-state index contributed by atoms with van der Waals surface area (Å²) in [5.74, 6) is 0. The highest BCUT2D eigenvalue weighted by Crippen LogP contribution is 2.07. The second-order valence-corrected chi connectivity index (χ2v) is 2.79. The Labute approximate surface area is 77.1 Å². The molecule has 1 aromatic carbocycles. The number of hydrogen-bond acceptors (Lipinski definition) is 2. The van der Waals surface area contributed by atoms with Gasteiger partial charge in [-0.15, -0.1) is 3.89 Å². The predicted octanol–water partition coefficient (Wildman–Crippen LogP) is 3.69. The molecule has 0 spiro atoms. The van der Waals surface area contributed by atoms with Crippen molar-refractivity contribution in [3.63, 3.8) is 0 Å². The Morgan fingerprint density at radius 2 is 1.67 bits per heavy atom. The van der Waals surface area contributed by atoms with Gasteiger partial charge in [0.25, 0.3) is 0 Å². The molecule has 0 saturated carbocycles. The number of benzene rings is 1. The van der Waals surface area contributed by atoms with Crippen molar-refractivity contribution in [2.24, 2.45) is 0 Å². The lowest BCUT2D eigenvalue weighted by Gasteiger charge is -1.98. The maximum absolute atomic E-state index is 9.76. The molecule has 0 radical (unpaired) electrons. The highest BCUT2D eigenvalue weighted by molar-refractivity contribution is 7.88. The minimum absolute atomic E-state index is 0.750. The smallest absolute Gasteiger partial charge is 0.205 e. The van der Waals surface area contributed by atoms with Crippen LogP contribution in [0.15, 0.2) is 18.2 Å². The lowest BCUT2D eigenvalue weighted by atomic mass is 10.1. The molecule has 0 heterocycles. The summed E-state index contributed by atoms with van der Waals surface area (Å²) in [6.45, 7) is 6.39. The van der Waals surface area contributed by atoms with Crippen molar-refractivity contribution in [2.45, 2.75) is 20.8 Å². The van der Waals surface area contributed by atoms with E-state index in [9.17, 15) is 3.89 Å². The molecule has 12 heavy (non-hydrogen) atoms. The van der Waals surface area contributed by atoms with Gasteiger partial charge in [0.2, 0.25) is 12.4 Å². The van der Waals surface area contributed by atoms with Gasteiger partial charge >= 0.3 is 0 Å². The molecule has 0 unspecified atom stereocenters. The van der Waals surface area contributed by atoms with Gasteiger partial charge in [0.1, 0.15) is 0 Å². The van der Waals surface area contributed by atoms with Crippen LogP contribution in [0.4, 0.5) is 3.89 Å². The minimum Gasteiger partial charge on any atom is -0.303 e. The van der Waals surface area contributed by atoms with Crippen LogP contribution in [0.1, 0.15) is 16.7 Å². The first-order valence-corrected chi connectivity index (χ1v) is 4.25. The highest BCUT2D eigenvalue weighted by atomic mass is 32.2. The monoisotopic (exact) mass is 188 g/mol. The summed E-state index contributed by atoms with van der Waals surface area (Å²) in [5, 5.41) is 0. The number of hydrogen-bond donors (Lipinski definition) is 1. The van der Waals surface area contributed by atoms with Gasteiger partial charge in [-0.2, -0.15) is 0 Å². The summed E-state index contributed by atoms with van der Waals surface area (Å²) < 4.78 is 16.6. The van der Waals surface area contributed by atoms with Crippen molar-refractivity contribution < 1.29 is 8.44 Å². The normalized spacial score (nSPS) is 8.75. The number of rotatable bonds is 0. The Kier molecular flexibility index (Phi) is 5.76. The molecular weight excluding hydrogens is 175 g/mol. The van der Waals surface area contributed by atoms with Crippen molar-refractivity contribution in [3.05, 3.63) is 34.9 Å². The summed E-state index contributed by atoms with van der Waals surface area (Å²) in [6, 6.07) is 6.50. The largest absolute Gasteiger partial charge is 0.303 e. The highest BCUT2D eigenvalue weighted by Gasteiger charge is 1.89. The third-order valence-electron chi connectivity index (χ3n) is 1.66. The Bertz CT molecular complexity index is 238. The van der Waals surface area contributed by atoms with E-state index >= 15 is 0 Å². The van der Waals surface area contributed by atoms with Crippen LogP contribution in [0, 0.1) is 20.8 Å². The summed E-state index contributed by atoms with van der Waals surface area (Å²) >= 11 is -0.750. The Balaban J connectivity index is 0.000000354. The van der Waals surface area contributed by atoms with Crippen molar-refractivity contribution in [3.8, 4) is 0 Å². The second-order valence-electron chi connectivity index (χ2n) is 2.66. The van der Waals surface area contributed by atoms with E-state index < -0.39 is 12.4 Å². The van der Waals surface area contributed by atoms with Crippen LogP contribution >= 0.6 is 12.4 Å². The molecular formula is C9H13FOS. The van der Waals surface area contributed by atoms with E-state index in [4.69, 9.17) is 4.55 Å². The molecule has 1 nitrogen and oxygen atoms in total. The Morgan fingerprint density at radius 1 is 1.17 bits per heavy atom. The fourth-order valence-corrected chi connectivity index (χ4v) is 0.891. The maximum Gasteiger partial charge on any atom is 0.205 e. The Hall–Kier alpha value is -0.540. The average molecular weight is 188 g/mol. The van der Waals surface area contributed by atoms with E-state index in [1.165, 1.54) is 16.7 Å². The molecule has 0 aliphatic carbocycles. The third-order valence-corrected chi connectivity index (χ3v) is 1.66. The van der Waals surface area contributed by atoms with Gasteiger partial charge in [-0.1, -0.05) is 23.8 Å². The van der Waals surface area contributed by atoms with E-state index in [1.807, 2.05) is 0 Å². The first kappa shape index (κ1) is 11.5. The lowest BCUT2D eigenvalue weighted by Crippen LogP contribution is -1.79. The molecule has 1 aromatic rings. The van der Waals surface area contributed by atoms with Gasteiger partial charge in [0.05, 0.1) is 0 Å². The summed E-state index contributed by atoms with van der Waals surface area (Å²) in [4.78, 5) is 0. The van der Waals surface area contributed by atoms with Crippen LogP contribution in [0.2, 0.25) is 0 Å². The molecule has 0 saturated heterocycles. The molecule has 1 N–H and O–H groups in total. The first-order chi connectivity index (χ1) is 5.61. The fourth-order valence-electron chi connectivity index (χ4n) is 0.891. The van der Waals surface area contributed by atoms with E-state index in [1.54, 1.807) is 0 Å². The first-order valence-electron chi connectivity index (χ1n) is 3.57. The number of aryl methyl sites for hydroxylation is 3. The topological polar surface area (TPSA) is 20.2 Å². The van der Waals surface area contributed by atoms with E-state index in [2.05, 4.69) is 39.0 Å². The molecule has 0 aliphatic rings. The van der Waals surface area contributed by atoms with Gasteiger partial charge in [0.15, 0.2) is 0 Å². The zero-order chi connectivity index (χ0) is 9.56. The predicted molar refractivity (Wildman–Crippen MR) is 52.0 cm³/mol. The van der Waals surface area contributed by atoms with Crippen LogP contribution in [0.5, 0.6) is 0 Å². The summed E-state index contributed by atoms with van der Waals surface area (Å²) in [6.07, 6.45) is 0. The molecule has 0 fully saturated rings. The standard InChI is InChI=1S/C9H12.FHOS/c1-7-4-5-8(2)9(3)6-7;1-3-2/h4-6H,1-3H3;2H. The van der Waals surface area contributed by atoms with Crippen LogP contribution in [0.25, 0.3) is 0 Å². The van der Waals surface area contributed by atoms with Gasteiger partial charge in [-0.05, 0) is 31.9 Å². The van der Waals surface area contributed by atoms with E-state index in [0.717, 1.165) is 0 Å². The van der Waals surface area contributed by atoms with Crippen molar-refractivity contribution in [2.75, 3.05) is 0 Å². The van der Waals surface area contributed by atoms with E-state index in [-0.39, 0.29) is 0 Å². The lowest BCUT2D eigenvalue weighted by molar-refractivity contribution is 0.621. The summed E-state index contributed by atoms with van der Waals surface area (Å²) in [7, 11) is 0. The van der Waals surface area contributed by atoms with Crippen LogP contribution in [-0.2, 0) is 0 Å². The van der Waals surface area contributed by atoms with Gasteiger partial charge in [-0.25, -0.2) is 0 Å². The second kappa shape index (κ2) is 6.03. The van der Waals surface area contributed by atoms with Gasteiger partial charge < -0.3 is 4.55 Å². The van der Waals surface area contributed by atoms with Crippen molar-refractivity contribution >= 4 is 12.4 Å². The molecule has 0 amide bonds. The summed E-state index contributed by atoms with van der Waals surface area (Å²) in [5.41, 5.74) is 4.11. The van der Waals surface area contributed by atoms with Crippen LogP contribution in [0.3, 0.4) is 0 Å². The van der Waals surface area contributed by atoms with Gasteiger partial charge in [-0.3, -0.25) is 0 Å². The minimum atomic E-state index is -0.750. The zero-order valence-corrected chi connectivity index (χ0v) is 8.28. The van der Waals surface area contributed by atoms with Crippen LogP contribution < -0.4 is 0 Å². The molecule has 0 aliphatic heterocycles. The maximum atomic E-state index is 9.76. The quantitative estimate of drug-likeness (QED) is 0.626. The fraction of sp³-hybridized carbons (Fsp3) is 0.333. The van der Waals surface area contributed by atoms with Crippen molar-refractivity contribution in [1.82, 2.24) is 0 Å². The molecule has 0 aromatic heterocycles. The molecule has 68 valence electrons. The molecule has 0 bridgehead atoms. The van der Waals surface area contributed by atoms with Crippen molar-refractivity contribution in [1.29, 1.82) is 0 Å². The molecule has 0 atom stereocenters.